The highest BCUT2D eigenvalue weighted by molar-refractivity contribution is 7.77. The molecule has 0 aliphatic rings. The molecule has 2 radical (unpaired) electrons. The molecule has 0 fully saturated rings. The van der Waals surface area contributed by atoms with Crippen molar-refractivity contribution in [3.8, 4) is 0 Å². The lowest BCUT2D eigenvalue weighted by Crippen LogP contribution is -2.16. The molecule has 3 atom stereocenters. The van der Waals surface area contributed by atoms with Gasteiger partial charge in [-0.05, 0) is 21.6 Å². The maximum Gasteiger partial charge on any atom is 0.148 e. The highest BCUT2D eigenvalue weighted by Crippen LogP contribution is 2.28. The Morgan fingerprint density at radius 3 is 2.40 bits per heavy atom. The number of aldehydes is 1. The molecular formula is C6H12BO2P. The zero-order valence-electron chi connectivity index (χ0n) is 6.57. The van der Waals surface area contributed by atoms with E-state index in [1.165, 1.54) is 0 Å². The predicted molar refractivity (Wildman–Crippen MR) is 44.4 cm³/mol. The van der Waals surface area contributed by atoms with Gasteiger partial charge in [-0.15, -0.1) is 0 Å². The molecule has 3 unspecified atom stereocenters. The van der Waals surface area contributed by atoms with Gasteiger partial charge >= 0.3 is 0 Å². The molecule has 0 aromatic heterocycles. The van der Waals surface area contributed by atoms with Gasteiger partial charge in [0.25, 0.3) is 0 Å². The van der Waals surface area contributed by atoms with E-state index in [1.54, 1.807) is 0 Å². The van der Waals surface area contributed by atoms with E-state index in [2.05, 4.69) is 0 Å². The van der Waals surface area contributed by atoms with Crippen molar-refractivity contribution in [1.82, 2.24) is 0 Å². The maximum atomic E-state index is 10.2. The highest BCUT2D eigenvalue weighted by Gasteiger charge is 2.11. The second-order valence-corrected chi connectivity index (χ2v) is 3.66. The average Bonchev–Trinajstić information content (AvgIpc) is 1.85. The molecule has 0 amide bonds. The van der Waals surface area contributed by atoms with Gasteiger partial charge in [-0.2, -0.15) is 0 Å². The fourth-order valence-electron chi connectivity index (χ4n) is 0.469. The maximum absolute atomic E-state index is 10.2. The Kier molecular flexibility index (Phi) is 4.93. The Morgan fingerprint density at radius 1 is 1.60 bits per heavy atom. The SMILES string of the molecule is [B]P(C)OC(C)C(C)C=O. The molecule has 0 N–H and O–H groups in total. The second kappa shape index (κ2) is 4.87. The van der Waals surface area contributed by atoms with E-state index in [0.717, 1.165) is 6.29 Å². The van der Waals surface area contributed by atoms with Crippen molar-refractivity contribution in [3.05, 3.63) is 0 Å². The number of hydrogen-bond acceptors (Lipinski definition) is 2. The van der Waals surface area contributed by atoms with Crippen LogP contribution in [0.5, 0.6) is 0 Å². The topological polar surface area (TPSA) is 26.3 Å². The lowest BCUT2D eigenvalue weighted by atomic mass is 10.1. The van der Waals surface area contributed by atoms with Gasteiger partial charge < -0.3 is 9.32 Å². The first-order valence-electron chi connectivity index (χ1n) is 3.18. The van der Waals surface area contributed by atoms with E-state index in [9.17, 15) is 4.79 Å². The minimum Gasteiger partial charge on any atom is -0.367 e. The Labute approximate surface area is 64.5 Å². The van der Waals surface area contributed by atoms with Crippen LogP contribution in [0.25, 0.3) is 0 Å². The molecule has 0 saturated heterocycles. The molecule has 56 valence electrons. The van der Waals surface area contributed by atoms with Gasteiger partial charge in [-0.3, -0.25) is 0 Å². The van der Waals surface area contributed by atoms with Gasteiger partial charge in [-0.25, -0.2) is 0 Å². The molecule has 0 saturated carbocycles. The first-order chi connectivity index (χ1) is 4.57. The Bertz CT molecular complexity index is 108. The summed E-state index contributed by atoms with van der Waals surface area (Å²) in [5.41, 5.74) is 0. The predicted octanol–water partition coefficient (Wildman–Crippen LogP) is 1.34. The monoisotopic (exact) mass is 158 g/mol. The van der Waals surface area contributed by atoms with Gasteiger partial charge in [0.15, 0.2) is 0 Å². The van der Waals surface area contributed by atoms with Gasteiger partial charge in [0.05, 0.1) is 6.10 Å². The van der Waals surface area contributed by atoms with E-state index in [-0.39, 0.29) is 12.0 Å². The molecule has 0 heterocycles. The standard InChI is InChI=1S/C6H12BO2P/c1-5(4-8)6(2)9-10(3)7/h4-6H,1-3H3. The van der Waals surface area contributed by atoms with Crippen LogP contribution in [0.2, 0.25) is 0 Å². The van der Waals surface area contributed by atoms with E-state index >= 15 is 0 Å². The van der Waals surface area contributed by atoms with Crippen molar-refractivity contribution in [2.75, 3.05) is 6.66 Å². The van der Waals surface area contributed by atoms with E-state index in [0.29, 0.717) is 0 Å². The van der Waals surface area contributed by atoms with Crippen molar-refractivity contribution in [2.45, 2.75) is 20.0 Å². The first kappa shape index (κ1) is 10.1. The van der Waals surface area contributed by atoms with Gasteiger partial charge in [0.1, 0.15) is 13.9 Å². The number of carbonyl (C=O) groups is 1. The summed E-state index contributed by atoms with van der Waals surface area (Å²) in [4.78, 5) is 10.2. The van der Waals surface area contributed by atoms with Crippen LogP contribution in [0.3, 0.4) is 0 Å². The molecule has 0 bridgehead atoms. The Morgan fingerprint density at radius 2 is 2.10 bits per heavy atom. The third-order valence-corrected chi connectivity index (χ3v) is 1.95. The highest BCUT2D eigenvalue weighted by atomic mass is 31.1. The minimum absolute atomic E-state index is 0.0568. The van der Waals surface area contributed by atoms with Gasteiger partial charge in [0.2, 0.25) is 0 Å². The molecule has 2 nitrogen and oxygen atoms in total. The fourth-order valence-corrected chi connectivity index (χ4v) is 1.19. The van der Waals surface area contributed by atoms with Crippen molar-refractivity contribution in [1.29, 1.82) is 0 Å². The van der Waals surface area contributed by atoms with Crippen LogP contribution < -0.4 is 0 Å². The fraction of sp³-hybridized carbons (Fsp3) is 0.833. The van der Waals surface area contributed by atoms with Crippen molar-refractivity contribution >= 4 is 21.9 Å². The molecule has 0 aliphatic heterocycles. The minimum atomic E-state index is -0.837. The van der Waals surface area contributed by atoms with Crippen molar-refractivity contribution in [2.24, 2.45) is 5.92 Å². The largest absolute Gasteiger partial charge is 0.367 e. The van der Waals surface area contributed by atoms with E-state index in [1.807, 2.05) is 20.5 Å². The van der Waals surface area contributed by atoms with Crippen LogP contribution in [-0.4, -0.2) is 26.6 Å². The molecule has 0 spiro atoms. The molecular weight excluding hydrogens is 146 g/mol. The number of carbonyl (C=O) groups excluding carboxylic acids is 1. The Balaban J connectivity index is 3.60. The van der Waals surface area contributed by atoms with Crippen molar-refractivity contribution < 1.29 is 9.32 Å². The van der Waals surface area contributed by atoms with E-state index < -0.39 is 8.03 Å². The summed E-state index contributed by atoms with van der Waals surface area (Å²) >= 11 is 0. The summed E-state index contributed by atoms with van der Waals surface area (Å²) in [5.74, 6) is -0.0616. The summed E-state index contributed by atoms with van der Waals surface area (Å²) in [7, 11) is 4.58. The zero-order chi connectivity index (χ0) is 8.15. The van der Waals surface area contributed by atoms with Crippen LogP contribution >= 0.6 is 8.03 Å². The van der Waals surface area contributed by atoms with E-state index in [4.69, 9.17) is 12.1 Å². The second-order valence-electron chi connectivity index (χ2n) is 2.35. The lowest BCUT2D eigenvalue weighted by molar-refractivity contribution is -0.112. The zero-order valence-corrected chi connectivity index (χ0v) is 7.47. The van der Waals surface area contributed by atoms with Crippen LogP contribution in [0, 0.1) is 5.92 Å². The van der Waals surface area contributed by atoms with Gasteiger partial charge in [0, 0.05) is 5.92 Å². The summed E-state index contributed by atoms with van der Waals surface area (Å²) in [6, 6.07) is 0. The smallest absolute Gasteiger partial charge is 0.148 e. The van der Waals surface area contributed by atoms with Crippen LogP contribution in [0.1, 0.15) is 13.8 Å². The molecule has 4 heteroatoms. The third kappa shape index (κ3) is 4.02. The number of hydrogen-bond donors (Lipinski definition) is 0. The summed E-state index contributed by atoms with van der Waals surface area (Å²) in [6.45, 7) is 5.48. The molecule has 10 heavy (non-hydrogen) atoms. The lowest BCUT2D eigenvalue weighted by Gasteiger charge is -2.18. The summed E-state index contributed by atoms with van der Waals surface area (Å²) in [6.07, 6.45) is 0.822. The summed E-state index contributed by atoms with van der Waals surface area (Å²) < 4.78 is 5.21. The molecule has 0 aromatic carbocycles. The summed E-state index contributed by atoms with van der Waals surface area (Å²) in [5, 5.41) is 0. The molecule has 0 aliphatic carbocycles. The quantitative estimate of drug-likeness (QED) is 0.350. The average molecular weight is 158 g/mol. The number of rotatable bonds is 4. The van der Waals surface area contributed by atoms with Gasteiger partial charge in [-0.1, -0.05) is 6.92 Å². The Hall–Kier alpha value is 0.125. The van der Waals surface area contributed by atoms with Crippen LogP contribution in [0.15, 0.2) is 0 Å². The normalized spacial score (nSPS) is 19.5. The molecule has 0 rings (SSSR count). The van der Waals surface area contributed by atoms with Crippen LogP contribution in [-0.2, 0) is 9.32 Å². The van der Waals surface area contributed by atoms with Crippen LogP contribution in [0.4, 0.5) is 0 Å². The third-order valence-electron chi connectivity index (χ3n) is 1.29. The van der Waals surface area contributed by atoms with Crippen molar-refractivity contribution in [3.63, 3.8) is 0 Å². The molecule has 0 aromatic rings. The first-order valence-corrected chi connectivity index (χ1v) is 4.96.